The molecule has 0 bridgehead atoms. The predicted octanol–water partition coefficient (Wildman–Crippen LogP) is 6.87. The van der Waals surface area contributed by atoms with Crippen LogP contribution >= 0.6 is 11.6 Å². The van der Waals surface area contributed by atoms with Crippen LogP contribution in [0.1, 0.15) is 48.6 Å². The predicted molar refractivity (Wildman–Crippen MR) is 117 cm³/mol. The molecule has 3 aromatic rings. The second-order valence-electron chi connectivity index (χ2n) is 7.24. The molecule has 0 spiro atoms. The molecule has 0 aliphatic rings. The summed E-state index contributed by atoms with van der Waals surface area (Å²) in [6, 6.07) is 11.8. The summed E-state index contributed by atoms with van der Waals surface area (Å²) in [4.78, 5) is 12.4. The molecule has 0 aliphatic carbocycles. The van der Waals surface area contributed by atoms with Crippen LogP contribution in [0.4, 0.5) is 14.5 Å². The van der Waals surface area contributed by atoms with Gasteiger partial charge in [0, 0.05) is 17.0 Å². The van der Waals surface area contributed by atoms with Gasteiger partial charge in [0.05, 0.1) is 6.61 Å². The van der Waals surface area contributed by atoms with Crippen molar-refractivity contribution in [3.05, 3.63) is 82.3 Å². The Morgan fingerprint density at radius 3 is 2.48 bits per heavy atom. The van der Waals surface area contributed by atoms with E-state index in [2.05, 4.69) is 19.2 Å². The van der Waals surface area contributed by atoms with Gasteiger partial charge < -0.3 is 14.5 Å². The van der Waals surface area contributed by atoms with E-state index in [-0.39, 0.29) is 5.76 Å². The molecule has 164 valence electrons. The zero-order valence-electron chi connectivity index (χ0n) is 17.4. The standard InChI is InChI=1S/C24H24ClF2NO3/c1-3-15(4-2)14-30-21-10-8-17(25)12-16(21)13-18-9-11-22(31-18)24(29)28-23-19(26)6-5-7-20(23)27/h5-12,15H,3-4,13-14H2,1-2H3,(H,28,29). The number of carbonyl (C=O) groups excluding carboxylic acids is 1. The Labute approximate surface area is 185 Å². The van der Waals surface area contributed by atoms with Gasteiger partial charge in [0.15, 0.2) is 5.76 Å². The summed E-state index contributed by atoms with van der Waals surface area (Å²) in [7, 11) is 0. The van der Waals surface area contributed by atoms with Crippen LogP contribution in [0.5, 0.6) is 5.75 Å². The second-order valence-corrected chi connectivity index (χ2v) is 7.68. The molecular formula is C24H24ClF2NO3. The Morgan fingerprint density at radius 2 is 1.81 bits per heavy atom. The average Bonchev–Trinajstić information content (AvgIpc) is 3.21. The molecule has 1 aromatic heterocycles. The number of rotatable bonds is 9. The van der Waals surface area contributed by atoms with Gasteiger partial charge in [-0.25, -0.2) is 8.78 Å². The first kappa shape index (κ1) is 22.8. The lowest BCUT2D eigenvalue weighted by Gasteiger charge is -2.16. The van der Waals surface area contributed by atoms with Crippen molar-refractivity contribution in [2.45, 2.75) is 33.1 Å². The molecule has 1 N–H and O–H groups in total. The molecule has 0 atom stereocenters. The van der Waals surface area contributed by atoms with E-state index in [0.29, 0.717) is 35.5 Å². The Balaban J connectivity index is 1.73. The summed E-state index contributed by atoms with van der Waals surface area (Å²) >= 11 is 6.15. The van der Waals surface area contributed by atoms with Crippen LogP contribution in [0, 0.1) is 17.6 Å². The highest BCUT2D eigenvalue weighted by Crippen LogP contribution is 2.27. The maximum atomic E-state index is 13.8. The maximum absolute atomic E-state index is 13.8. The average molecular weight is 448 g/mol. The van der Waals surface area contributed by atoms with Gasteiger partial charge in [0.1, 0.15) is 28.8 Å². The summed E-state index contributed by atoms with van der Waals surface area (Å²) in [6.07, 6.45) is 2.40. The molecule has 0 fully saturated rings. The topological polar surface area (TPSA) is 51.5 Å². The smallest absolute Gasteiger partial charge is 0.291 e. The molecule has 0 radical (unpaired) electrons. The molecule has 0 saturated carbocycles. The van der Waals surface area contributed by atoms with Crippen LogP contribution in [-0.4, -0.2) is 12.5 Å². The molecule has 2 aromatic carbocycles. The number of halogens is 3. The molecule has 0 aliphatic heterocycles. The highest BCUT2D eigenvalue weighted by Gasteiger charge is 2.17. The van der Waals surface area contributed by atoms with Crippen molar-refractivity contribution in [2.75, 3.05) is 11.9 Å². The molecule has 4 nitrogen and oxygen atoms in total. The highest BCUT2D eigenvalue weighted by molar-refractivity contribution is 6.30. The first-order valence-electron chi connectivity index (χ1n) is 10.2. The van der Waals surface area contributed by atoms with Gasteiger partial charge in [0.2, 0.25) is 0 Å². The van der Waals surface area contributed by atoms with Crippen molar-refractivity contribution in [2.24, 2.45) is 5.92 Å². The van der Waals surface area contributed by atoms with E-state index < -0.39 is 23.2 Å². The van der Waals surface area contributed by atoms with E-state index in [1.54, 1.807) is 18.2 Å². The zero-order valence-corrected chi connectivity index (χ0v) is 18.1. The van der Waals surface area contributed by atoms with Gasteiger partial charge in [-0.3, -0.25) is 4.79 Å². The molecule has 0 unspecified atom stereocenters. The number of carbonyl (C=O) groups is 1. The quantitative estimate of drug-likeness (QED) is 0.389. The minimum Gasteiger partial charge on any atom is -0.493 e. The van der Waals surface area contributed by atoms with E-state index in [4.69, 9.17) is 20.8 Å². The lowest BCUT2D eigenvalue weighted by Crippen LogP contribution is -2.13. The van der Waals surface area contributed by atoms with Crippen molar-refractivity contribution >= 4 is 23.2 Å². The van der Waals surface area contributed by atoms with Gasteiger partial charge in [0.25, 0.3) is 5.91 Å². The summed E-state index contributed by atoms with van der Waals surface area (Å²) in [5.74, 6) is -0.871. The third-order valence-corrected chi connectivity index (χ3v) is 5.34. The monoisotopic (exact) mass is 447 g/mol. The summed E-state index contributed by atoms with van der Waals surface area (Å²) < 4.78 is 39.2. The molecule has 1 amide bonds. The number of anilines is 1. The summed E-state index contributed by atoms with van der Waals surface area (Å²) in [5.41, 5.74) is 0.303. The number of benzene rings is 2. The van der Waals surface area contributed by atoms with Crippen LogP contribution in [0.25, 0.3) is 0 Å². The minimum atomic E-state index is -0.863. The Bertz CT molecular complexity index is 1030. The fourth-order valence-electron chi connectivity index (χ4n) is 3.13. The zero-order chi connectivity index (χ0) is 22.4. The normalized spacial score (nSPS) is 11.0. The number of ether oxygens (including phenoxy) is 1. The molecule has 3 rings (SSSR count). The first-order valence-corrected chi connectivity index (χ1v) is 10.5. The number of para-hydroxylation sites is 1. The fourth-order valence-corrected chi connectivity index (χ4v) is 3.33. The van der Waals surface area contributed by atoms with Crippen molar-refractivity contribution in [3.63, 3.8) is 0 Å². The maximum Gasteiger partial charge on any atom is 0.291 e. The van der Waals surface area contributed by atoms with Crippen molar-refractivity contribution < 1.29 is 22.7 Å². The third-order valence-electron chi connectivity index (χ3n) is 5.10. The van der Waals surface area contributed by atoms with Crippen LogP contribution in [0.2, 0.25) is 5.02 Å². The number of nitrogens with one attached hydrogen (secondary N) is 1. The van der Waals surface area contributed by atoms with Crippen molar-refractivity contribution in [3.8, 4) is 5.75 Å². The Kier molecular flexibility index (Phi) is 7.69. The van der Waals surface area contributed by atoms with Crippen molar-refractivity contribution in [1.82, 2.24) is 0 Å². The van der Waals surface area contributed by atoms with Gasteiger partial charge in [-0.1, -0.05) is 44.4 Å². The third kappa shape index (κ3) is 5.85. The SMILES string of the molecule is CCC(CC)COc1ccc(Cl)cc1Cc1ccc(C(=O)Nc2c(F)cccc2F)o1. The van der Waals surface area contributed by atoms with E-state index >= 15 is 0 Å². The first-order chi connectivity index (χ1) is 14.9. The van der Waals surface area contributed by atoms with E-state index in [9.17, 15) is 13.6 Å². The van der Waals surface area contributed by atoms with Crippen LogP contribution in [0.15, 0.2) is 52.9 Å². The number of furan rings is 1. The second kappa shape index (κ2) is 10.4. The van der Waals surface area contributed by atoms with Gasteiger partial charge in [-0.05, 0) is 48.4 Å². The van der Waals surface area contributed by atoms with E-state index in [1.807, 2.05) is 6.07 Å². The number of amides is 1. The van der Waals surface area contributed by atoms with Gasteiger partial charge >= 0.3 is 0 Å². The molecule has 31 heavy (non-hydrogen) atoms. The Morgan fingerprint density at radius 1 is 1.10 bits per heavy atom. The van der Waals surface area contributed by atoms with Crippen LogP contribution < -0.4 is 10.1 Å². The van der Waals surface area contributed by atoms with E-state index in [0.717, 1.165) is 30.5 Å². The molecular weight excluding hydrogens is 424 g/mol. The van der Waals surface area contributed by atoms with Crippen molar-refractivity contribution in [1.29, 1.82) is 0 Å². The van der Waals surface area contributed by atoms with Gasteiger partial charge in [-0.2, -0.15) is 0 Å². The lowest BCUT2D eigenvalue weighted by molar-refractivity contribution is 0.0994. The minimum absolute atomic E-state index is 0.0563. The Hall–Kier alpha value is -2.86. The molecule has 7 heteroatoms. The number of hydrogen-bond acceptors (Lipinski definition) is 3. The number of hydrogen-bond donors (Lipinski definition) is 1. The van der Waals surface area contributed by atoms with E-state index in [1.165, 1.54) is 12.1 Å². The van der Waals surface area contributed by atoms with Crippen LogP contribution in [-0.2, 0) is 6.42 Å². The highest BCUT2D eigenvalue weighted by atomic mass is 35.5. The van der Waals surface area contributed by atoms with Gasteiger partial charge in [-0.15, -0.1) is 0 Å². The fraction of sp³-hybridized carbons (Fsp3) is 0.292. The summed E-state index contributed by atoms with van der Waals surface area (Å²) in [5, 5.41) is 2.77. The lowest BCUT2D eigenvalue weighted by atomic mass is 10.1. The molecule has 1 heterocycles. The summed E-state index contributed by atoms with van der Waals surface area (Å²) in [6.45, 7) is 4.85. The largest absolute Gasteiger partial charge is 0.493 e. The molecule has 0 saturated heterocycles. The van der Waals surface area contributed by atoms with Crippen LogP contribution in [0.3, 0.4) is 0 Å².